The van der Waals surface area contributed by atoms with Crippen molar-refractivity contribution in [3.63, 3.8) is 0 Å². The highest BCUT2D eigenvalue weighted by Gasteiger charge is 2.01. The molecule has 2 aromatic rings. The molecule has 0 saturated heterocycles. The highest BCUT2D eigenvalue weighted by molar-refractivity contribution is 7.15. The Morgan fingerprint density at radius 1 is 1.07 bits per heavy atom. The van der Waals surface area contributed by atoms with Gasteiger partial charge in [-0.1, -0.05) is 30.3 Å². The molecular weight excluding hydrogens is 202 g/mol. The third kappa shape index (κ3) is 2.67. The lowest BCUT2D eigenvalue weighted by atomic mass is 10.2. The van der Waals surface area contributed by atoms with Crippen LogP contribution in [-0.4, -0.2) is 13.6 Å². The smallest absolute Gasteiger partial charge is 0.0345 e. The Morgan fingerprint density at radius 2 is 1.87 bits per heavy atom. The van der Waals surface area contributed by atoms with Gasteiger partial charge in [0.05, 0.1) is 0 Å². The number of hydrogen-bond donors (Lipinski definition) is 1. The summed E-state index contributed by atoms with van der Waals surface area (Å²) in [4.78, 5) is 2.81. The number of nitrogens with one attached hydrogen (secondary N) is 1. The van der Waals surface area contributed by atoms with Gasteiger partial charge in [-0.15, -0.1) is 11.3 Å². The molecule has 0 radical (unpaired) electrons. The van der Waals surface area contributed by atoms with E-state index in [1.165, 1.54) is 15.3 Å². The first-order chi connectivity index (χ1) is 7.40. The lowest BCUT2D eigenvalue weighted by molar-refractivity contribution is 0.799. The Labute approximate surface area is 94.8 Å². The summed E-state index contributed by atoms with van der Waals surface area (Å²) in [6.07, 6.45) is 1.12. The predicted octanol–water partition coefficient (Wildman–Crippen LogP) is 3.18. The van der Waals surface area contributed by atoms with Crippen molar-refractivity contribution in [2.24, 2.45) is 0 Å². The van der Waals surface area contributed by atoms with E-state index in [4.69, 9.17) is 0 Å². The van der Waals surface area contributed by atoms with Crippen molar-refractivity contribution in [2.45, 2.75) is 6.42 Å². The molecule has 0 spiro atoms. The number of thiophene rings is 1. The standard InChI is InChI=1S/C13H15NS/c1-14-10-9-12-7-8-13(15-12)11-5-3-2-4-6-11/h2-8,14H,9-10H2,1H3. The van der Waals surface area contributed by atoms with Crippen LogP contribution in [-0.2, 0) is 6.42 Å². The van der Waals surface area contributed by atoms with Crippen LogP contribution in [0.15, 0.2) is 42.5 Å². The van der Waals surface area contributed by atoms with Crippen molar-refractivity contribution >= 4 is 11.3 Å². The highest BCUT2D eigenvalue weighted by atomic mass is 32.1. The Morgan fingerprint density at radius 3 is 2.60 bits per heavy atom. The normalized spacial score (nSPS) is 10.5. The Bertz CT molecular complexity index is 405. The van der Waals surface area contributed by atoms with E-state index in [-0.39, 0.29) is 0 Å². The fourth-order valence-electron chi connectivity index (χ4n) is 1.52. The summed E-state index contributed by atoms with van der Waals surface area (Å²) in [6, 6.07) is 15.0. The van der Waals surface area contributed by atoms with E-state index in [9.17, 15) is 0 Å². The van der Waals surface area contributed by atoms with Gasteiger partial charge in [-0.2, -0.15) is 0 Å². The minimum Gasteiger partial charge on any atom is -0.319 e. The SMILES string of the molecule is CNCCc1ccc(-c2ccccc2)s1. The van der Waals surface area contributed by atoms with Gasteiger partial charge in [0, 0.05) is 9.75 Å². The molecular formula is C13H15NS. The number of likely N-dealkylation sites (N-methyl/N-ethyl adjacent to an activating group) is 1. The Balaban J connectivity index is 2.14. The molecule has 1 N–H and O–H groups in total. The fourth-order valence-corrected chi connectivity index (χ4v) is 2.53. The zero-order valence-corrected chi connectivity index (χ0v) is 9.68. The lowest BCUT2D eigenvalue weighted by Crippen LogP contribution is -2.09. The maximum atomic E-state index is 3.17. The van der Waals surface area contributed by atoms with E-state index >= 15 is 0 Å². The fraction of sp³-hybridized carbons (Fsp3) is 0.231. The van der Waals surface area contributed by atoms with Gasteiger partial charge in [-0.05, 0) is 37.7 Å². The van der Waals surface area contributed by atoms with E-state index in [0.29, 0.717) is 0 Å². The van der Waals surface area contributed by atoms with Gasteiger partial charge in [-0.3, -0.25) is 0 Å². The largest absolute Gasteiger partial charge is 0.319 e. The van der Waals surface area contributed by atoms with Crippen molar-refractivity contribution in [3.8, 4) is 10.4 Å². The quantitative estimate of drug-likeness (QED) is 0.829. The number of hydrogen-bond acceptors (Lipinski definition) is 2. The second-order valence-corrected chi connectivity index (χ2v) is 4.65. The minimum absolute atomic E-state index is 1.05. The zero-order valence-electron chi connectivity index (χ0n) is 8.86. The third-order valence-corrected chi connectivity index (χ3v) is 3.54. The summed E-state index contributed by atoms with van der Waals surface area (Å²) < 4.78 is 0. The van der Waals surface area contributed by atoms with Crippen LogP contribution in [0.3, 0.4) is 0 Å². The summed E-state index contributed by atoms with van der Waals surface area (Å²) in [7, 11) is 1.99. The predicted molar refractivity (Wildman–Crippen MR) is 67.4 cm³/mol. The molecule has 1 heterocycles. The van der Waals surface area contributed by atoms with E-state index in [1.807, 2.05) is 18.4 Å². The van der Waals surface area contributed by atoms with E-state index < -0.39 is 0 Å². The summed E-state index contributed by atoms with van der Waals surface area (Å²) in [5.74, 6) is 0. The van der Waals surface area contributed by atoms with Gasteiger partial charge in [0.15, 0.2) is 0 Å². The first-order valence-electron chi connectivity index (χ1n) is 5.19. The lowest BCUT2D eigenvalue weighted by Gasteiger charge is -1.96. The zero-order chi connectivity index (χ0) is 10.5. The maximum absolute atomic E-state index is 3.17. The molecule has 0 saturated carbocycles. The average molecular weight is 217 g/mol. The van der Waals surface area contributed by atoms with Gasteiger partial charge in [0.1, 0.15) is 0 Å². The maximum Gasteiger partial charge on any atom is 0.0345 e. The van der Waals surface area contributed by atoms with Crippen molar-refractivity contribution in [1.82, 2.24) is 5.32 Å². The Hall–Kier alpha value is -1.12. The molecule has 0 bridgehead atoms. The average Bonchev–Trinajstić information content (AvgIpc) is 2.76. The van der Waals surface area contributed by atoms with Crippen molar-refractivity contribution in [2.75, 3.05) is 13.6 Å². The van der Waals surface area contributed by atoms with Gasteiger partial charge < -0.3 is 5.32 Å². The molecule has 2 heteroatoms. The second-order valence-electron chi connectivity index (χ2n) is 3.49. The molecule has 0 amide bonds. The molecule has 1 nitrogen and oxygen atoms in total. The highest BCUT2D eigenvalue weighted by Crippen LogP contribution is 2.27. The molecule has 2 rings (SSSR count). The topological polar surface area (TPSA) is 12.0 Å². The molecule has 78 valence electrons. The first-order valence-corrected chi connectivity index (χ1v) is 6.00. The van der Waals surface area contributed by atoms with E-state index in [2.05, 4.69) is 47.8 Å². The van der Waals surface area contributed by atoms with Gasteiger partial charge in [-0.25, -0.2) is 0 Å². The monoisotopic (exact) mass is 217 g/mol. The summed E-state index contributed by atoms with van der Waals surface area (Å²) in [5, 5.41) is 3.17. The van der Waals surface area contributed by atoms with Crippen LogP contribution in [0, 0.1) is 0 Å². The van der Waals surface area contributed by atoms with Crippen molar-refractivity contribution < 1.29 is 0 Å². The molecule has 0 unspecified atom stereocenters. The molecule has 1 aromatic heterocycles. The van der Waals surface area contributed by atoms with Gasteiger partial charge in [0.25, 0.3) is 0 Å². The van der Waals surface area contributed by atoms with Crippen LogP contribution in [0.5, 0.6) is 0 Å². The minimum atomic E-state index is 1.05. The van der Waals surface area contributed by atoms with Crippen molar-refractivity contribution in [1.29, 1.82) is 0 Å². The molecule has 1 aromatic carbocycles. The van der Waals surface area contributed by atoms with Crippen LogP contribution in [0.1, 0.15) is 4.88 Å². The summed E-state index contributed by atoms with van der Waals surface area (Å²) in [5.41, 5.74) is 1.32. The summed E-state index contributed by atoms with van der Waals surface area (Å²) in [6.45, 7) is 1.05. The molecule has 0 fully saturated rings. The van der Waals surface area contributed by atoms with Crippen molar-refractivity contribution in [3.05, 3.63) is 47.3 Å². The molecule has 15 heavy (non-hydrogen) atoms. The molecule has 0 aliphatic rings. The summed E-state index contributed by atoms with van der Waals surface area (Å²) >= 11 is 1.89. The van der Waals surface area contributed by atoms with Crippen LogP contribution >= 0.6 is 11.3 Å². The number of rotatable bonds is 4. The second kappa shape index (κ2) is 5.10. The number of benzene rings is 1. The van der Waals surface area contributed by atoms with Crippen LogP contribution in [0.25, 0.3) is 10.4 Å². The molecule has 0 aliphatic heterocycles. The third-order valence-electron chi connectivity index (χ3n) is 2.34. The van der Waals surface area contributed by atoms with Crippen LogP contribution < -0.4 is 5.32 Å². The van der Waals surface area contributed by atoms with E-state index in [0.717, 1.165) is 13.0 Å². The molecule has 0 aliphatic carbocycles. The molecule has 0 atom stereocenters. The van der Waals surface area contributed by atoms with Gasteiger partial charge >= 0.3 is 0 Å². The van der Waals surface area contributed by atoms with Crippen LogP contribution in [0.4, 0.5) is 0 Å². The van der Waals surface area contributed by atoms with Crippen LogP contribution in [0.2, 0.25) is 0 Å². The van der Waals surface area contributed by atoms with Gasteiger partial charge in [0.2, 0.25) is 0 Å². The first kappa shape index (κ1) is 10.4. The Kier molecular flexibility index (Phi) is 3.54. The van der Waals surface area contributed by atoms with E-state index in [1.54, 1.807) is 0 Å².